The highest BCUT2D eigenvalue weighted by atomic mass is 15.5. The number of nitrogens with zero attached hydrogens (tertiary/aromatic N) is 3. The van der Waals surface area contributed by atoms with Crippen LogP contribution in [-0.2, 0) is 0 Å². The molecular formula is C24H19N3. The van der Waals surface area contributed by atoms with Crippen molar-refractivity contribution in [2.24, 2.45) is 5.10 Å². The molecule has 0 saturated heterocycles. The van der Waals surface area contributed by atoms with Gasteiger partial charge in [0.2, 0.25) is 0 Å². The van der Waals surface area contributed by atoms with Crippen molar-refractivity contribution in [3.8, 4) is 0 Å². The fraction of sp³-hybridized carbons (Fsp3) is 0.0833. The van der Waals surface area contributed by atoms with Gasteiger partial charge in [-0.2, -0.15) is 5.10 Å². The van der Waals surface area contributed by atoms with Crippen LogP contribution in [0.5, 0.6) is 0 Å². The van der Waals surface area contributed by atoms with Gasteiger partial charge in [0.05, 0.1) is 17.3 Å². The summed E-state index contributed by atoms with van der Waals surface area (Å²) in [6.07, 6.45) is 0.864. The first kappa shape index (κ1) is 15.8. The first-order valence-corrected chi connectivity index (χ1v) is 9.21. The summed E-state index contributed by atoms with van der Waals surface area (Å²) in [5, 5.41) is 8.20. The summed E-state index contributed by atoms with van der Waals surface area (Å²) < 4.78 is 0. The van der Waals surface area contributed by atoms with Gasteiger partial charge in [-0.15, -0.1) is 0 Å². The predicted molar refractivity (Wildman–Crippen MR) is 111 cm³/mol. The minimum absolute atomic E-state index is 0.148. The third-order valence-electron chi connectivity index (χ3n) is 5.02. The predicted octanol–water partition coefficient (Wildman–Crippen LogP) is 5.59. The molecule has 1 aliphatic heterocycles. The summed E-state index contributed by atoms with van der Waals surface area (Å²) in [7, 11) is 0. The molecule has 0 spiro atoms. The Bertz CT molecular complexity index is 1100. The Kier molecular flexibility index (Phi) is 3.91. The quantitative estimate of drug-likeness (QED) is 0.482. The molecule has 5 rings (SSSR count). The average Bonchev–Trinajstić information content (AvgIpc) is 3.20. The van der Waals surface area contributed by atoms with Gasteiger partial charge >= 0.3 is 0 Å². The smallest absolute Gasteiger partial charge is 0.150 e. The summed E-state index contributed by atoms with van der Waals surface area (Å²) in [6.45, 7) is 0. The van der Waals surface area contributed by atoms with E-state index in [1.807, 2.05) is 24.3 Å². The maximum absolute atomic E-state index is 4.98. The number of hydrazone groups is 1. The summed E-state index contributed by atoms with van der Waals surface area (Å²) in [5.74, 6) is 0.883. The van der Waals surface area contributed by atoms with Gasteiger partial charge in [0.25, 0.3) is 0 Å². The van der Waals surface area contributed by atoms with Crippen molar-refractivity contribution in [3.05, 3.63) is 108 Å². The summed E-state index contributed by atoms with van der Waals surface area (Å²) >= 11 is 0. The molecule has 0 radical (unpaired) electrons. The Labute approximate surface area is 158 Å². The van der Waals surface area contributed by atoms with Gasteiger partial charge in [0.1, 0.15) is 5.82 Å². The van der Waals surface area contributed by atoms with Crippen LogP contribution in [0.1, 0.15) is 23.6 Å². The highest BCUT2D eigenvalue weighted by Gasteiger charge is 2.30. The van der Waals surface area contributed by atoms with Crippen molar-refractivity contribution >= 4 is 22.4 Å². The Morgan fingerprint density at radius 2 is 1.41 bits per heavy atom. The highest BCUT2D eigenvalue weighted by molar-refractivity contribution is 6.03. The molecule has 1 atom stereocenters. The zero-order chi connectivity index (χ0) is 18.1. The van der Waals surface area contributed by atoms with Crippen LogP contribution in [-0.4, -0.2) is 10.7 Å². The molecule has 0 N–H and O–H groups in total. The number of fused-ring (bicyclic) bond motifs is 1. The number of hydrogen-bond acceptors (Lipinski definition) is 3. The average molecular weight is 349 g/mol. The number of aromatic nitrogens is 1. The molecule has 1 unspecified atom stereocenters. The van der Waals surface area contributed by atoms with Gasteiger partial charge in [-0.25, -0.2) is 9.99 Å². The van der Waals surface area contributed by atoms with Crippen molar-refractivity contribution in [1.82, 2.24) is 4.98 Å². The SMILES string of the molecule is c1ccc(C2=NN(c3ccc4ccccc4n3)C(c3ccccc3)C2)cc1. The molecule has 1 aromatic heterocycles. The van der Waals surface area contributed by atoms with Crippen molar-refractivity contribution in [3.63, 3.8) is 0 Å². The molecule has 1 aliphatic rings. The first-order chi connectivity index (χ1) is 13.4. The number of rotatable bonds is 3. The number of anilines is 1. The molecule has 0 bridgehead atoms. The van der Waals surface area contributed by atoms with Crippen LogP contribution >= 0.6 is 0 Å². The maximum atomic E-state index is 4.98. The first-order valence-electron chi connectivity index (χ1n) is 9.21. The van der Waals surface area contributed by atoms with Crippen molar-refractivity contribution in [1.29, 1.82) is 0 Å². The van der Waals surface area contributed by atoms with E-state index in [9.17, 15) is 0 Å². The third kappa shape index (κ3) is 2.97. The lowest BCUT2D eigenvalue weighted by Crippen LogP contribution is -2.19. The van der Waals surface area contributed by atoms with E-state index in [0.717, 1.165) is 28.9 Å². The molecule has 27 heavy (non-hydrogen) atoms. The summed E-state index contributed by atoms with van der Waals surface area (Å²) in [6, 6.07) is 33.5. The molecule has 3 aromatic carbocycles. The summed E-state index contributed by atoms with van der Waals surface area (Å²) in [5.41, 5.74) is 4.51. The molecule has 3 nitrogen and oxygen atoms in total. The van der Waals surface area contributed by atoms with E-state index >= 15 is 0 Å². The normalized spacial score (nSPS) is 16.5. The lowest BCUT2D eigenvalue weighted by atomic mass is 9.98. The number of hydrogen-bond donors (Lipinski definition) is 0. The fourth-order valence-corrected chi connectivity index (χ4v) is 3.64. The second-order valence-electron chi connectivity index (χ2n) is 6.75. The van der Waals surface area contributed by atoms with Gasteiger partial charge in [0.15, 0.2) is 0 Å². The van der Waals surface area contributed by atoms with Crippen LogP contribution in [0.25, 0.3) is 10.9 Å². The molecule has 4 aromatic rings. The van der Waals surface area contributed by atoms with E-state index in [0.29, 0.717) is 0 Å². The van der Waals surface area contributed by atoms with Crippen LogP contribution in [0.4, 0.5) is 5.82 Å². The number of para-hydroxylation sites is 1. The molecule has 3 heteroatoms. The van der Waals surface area contributed by atoms with Gasteiger partial charge < -0.3 is 0 Å². The Morgan fingerprint density at radius 1 is 0.704 bits per heavy atom. The summed E-state index contributed by atoms with van der Waals surface area (Å²) in [4.78, 5) is 4.88. The van der Waals surface area contributed by atoms with Crippen molar-refractivity contribution in [2.45, 2.75) is 12.5 Å². The number of pyridine rings is 1. The van der Waals surface area contributed by atoms with Crippen LogP contribution in [0.2, 0.25) is 0 Å². The van der Waals surface area contributed by atoms with Crippen LogP contribution in [0, 0.1) is 0 Å². The second-order valence-corrected chi connectivity index (χ2v) is 6.75. The molecular weight excluding hydrogens is 330 g/mol. The lowest BCUT2D eigenvalue weighted by Gasteiger charge is -2.23. The Morgan fingerprint density at radius 3 is 2.22 bits per heavy atom. The topological polar surface area (TPSA) is 28.5 Å². The highest BCUT2D eigenvalue weighted by Crippen LogP contribution is 2.36. The van der Waals surface area contributed by atoms with E-state index in [1.165, 1.54) is 11.1 Å². The lowest BCUT2D eigenvalue weighted by molar-refractivity contribution is 0.700. The molecule has 130 valence electrons. The Balaban J connectivity index is 1.61. The third-order valence-corrected chi connectivity index (χ3v) is 5.02. The van der Waals surface area contributed by atoms with Gasteiger partial charge in [-0.1, -0.05) is 78.9 Å². The zero-order valence-corrected chi connectivity index (χ0v) is 14.9. The standard InChI is InChI=1S/C24H19N3/c1-3-9-18(10-4-1)22-17-23(20-12-5-2-6-13-20)27(26-22)24-16-15-19-11-7-8-14-21(19)25-24/h1-16,23H,17H2. The minimum Gasteiger partial charge on any atom is -0.240 e. The van der Waals surface area contributed by atoms with Crippen LogP contribution in [0.3, 0.4) is 0 Å². The Hall–Kier alpha value is -3.46. The van der Waals surface area contributed by atoms with Gasteiger partial charge in [-0.05, 0) is 29.3 Å². The molecule has 0 fully saturated rings. The fourth-order valence-electron chi connectivity index (χ4n) is 3.64. The van der Waals surface area contributed by atoms with Crippen molar-refractivity contribution < 1.29 is 0 Å². The molecule has 0 amide bonds. The van der Waals surface area contributed by atoms with Crippen LogP contribution in [0.15, 0.2) is 102 Å². The van der Waals surface area contributed by atoms with E-state index in [4.69, 9.17) is 10.1 Å². The monoisotopic (exact) mass is 349 g/mol. The minimum atomic E-state index is 0.148. The van der Waals surface area contributed by atoms with E-state index in [2.05, 4.69) is 77.8 Å². The molecule has 0 aliphatic carbocycles. The molecule has 0 saturated carbocycles. The molecule has 2 heterocycles. The number of benzene rings is 3. The van der Waals surface area contributed by atoms with Gasteiger partial charge in [0, 0.05) is 11.8 Å². The largest absolute Gasteiger partial charge is 0.240 e. The zero-order valence-electron chi connectivity index (χ0n) is 14.9. The van der Waals surface area contributed by atoms with Crippen molar-refractivity contribution in [2.75, 3.05) is 5.01 Å². The maximum Gasteiger partial charge on any atom is 0.150 e. The second kappa shape index (κ2) is 6.69. The van der Waals surface area contributed by atoms with E-state index in [1.54, 1.807) is 0 Å². The van der Waals surface area contributed by atoms with E-state index < -0.39 is 0 Å². The van der Waals surface area contributed by atoms with Gasteiger partial charge in [-0.3, -0.25) is 0 Å². The van der Waals surface area contributed by atoms with E-state index in [-0.39, 0.29) is 6.04 Å². The van der Waals surface area contributed by atoms with Crippen LogP contribution < -0.4 is 5.01 Å².